The fraction of sp³-hybridized carbons (Fsp3) is 0.286. The molecule has 1 aromatic heterocycles. The van der Waals surface area contributed by atoms with Crippen molar-refractivity contribution in [1.29, 1.82) is 0 Å². The third-order valence-electron chi connectivity index (χ3n) is 2.77. The van der Waals surface area contributed by atoms with E-state index in [2.05, 4.69) is 50.2 Å². The van der Waals surface area contributed by atoms with Crippen LogP contribution in [0.5, 0.6) is 0 Å². The normalized spacial score (nSPS) is 12.7. The summed E-state index contributed by atoms with van der Waals surface area (Å²) in [5.74, 6) is 0. The summed E-state index contributed by atoms with van der Waals surface area (Å²) in [6.45, 7) is 4.27. The Balaban J connectivity index is 2.24. The maximum Gasteiger partial charge on any atom is 0.0646 e. The highest BCUT2D eigenvalue weighted by atomic mass is 32.1. The van der Waals surface area contributed by atoms with Crippen LogP contribution in [0.2, 0.25) is 0 Å². The van der Waals surface area contributed by atoms with Gasteiger partial charge in [-0.25, -0.2) is 0 Å². The summed E-state index contributed by atoms with van der Waals surface area (Å²) in [5.41, 5.74) is 8.71. The zero-order chi connectivity index (χ0) is 11.5. The van der Waals surface area contributed by atoms with Crippen molar-refractivity contribution in [2.75, 3.05) is 0 Å². The topological polar surface area (TPSA) is 26.0 Å². The van der Waals surface area contributed by atoms with E-state index in [1.165, 1.54) is 20.9 Å². The van der Waals surface area contributed by atoms with E-state index in [0.717, 1.165) is 6.42 Å². The maximum absolute atomic E-state index is 6.24. The van der Waals surface area contributed by atoms with Crippen LogP contribution in [0.15, 0.2) is 36.4 Å². The van der Waals surface area contributed by atoms with Gasteiger partial charge in [-0.3, -0.25) is 0 Å². The van der Waals surface area contributed by atoms with Gasteiger partial charge >= 0.3 is 0 Å². The van der Waals surface area contributed by atoms with E-state index >= 15 is 0 Å². The molecule has 0 spiro atoms. The lowest BCUT2D eigenvalue weighted by Crippen LogP contribution is -2.09. The number of rotatable bonds is 3. The van der Waals surface area contributed by atoms with Crippen LogP contribution in [0.3, 0.4) is 0 Å². The number of hydrogen-bond acceptors (Lipinski definition) is 2. The molecule has 0 aliphatic rings. The smallest absolute Gasteiger partial charge is 0.0646 e. The predicted octanol–water partition coefficient (Wildman–Crippen LogP) is 3.67. The third kappa shape index (κ3) is 2.34. The van der Waals surface area contributed by atoms with Crippen LogP contribution in [0.1, 0.15) is 33.8 Å². The molecule has 2 aromatic rings. The minimum absolute atomic E-state index is 0.0194. The lowest BCUT2D eigenvalue weighted by atomic mass is 10.0. The second kappa shape index (κ2) is 4.81. The van der Waals surface area contributed by atoms with Gasteiger partial charge in [0.25, 0.3) is 0 Å². The van der Waals surface area contributed by atoms with E-state index in [1.807, 2.05) is 11.3 Å². The molecule has 0 fully saturated rings. The molecule has 0 aliphatic carbocycles. The van der Waals surface area contributed by atoms with Crippen LogP contribution >= 0.6 is 11.3 Å². The van der Waals surface area contributed by atoms with Crippen LogP contribution in [-0.4, -0.2) is 0 Å². The van der Waals surface area contributed by atoms with Crippen molar-refractivity contribution in [2.24, 2.45) is 5.73 Å². The molecule has 2 N–H and O–H groups in total. The van der Waals surface area contributed by atoms with E-state index in [1.54, 1.807) is 0 Å². The number of aryl methyl sites for hydroxylation is 2. The van der Waals surface area contributed by atoms with Crippen molar-refractivity contribution in [2.45, 2.75) is 26.3 Å². The molecule has 84 valence electrons. The SMILES string of the molecule is CCc1ccc(C(N)c2ccc(C)cc2)s1. The molecule has 16 heavy (non-hydrogen) atoms. The van der Waals surface area contributed by atoms with Gasteiger partial charge < -0.3 is 5.73 Å². The molecule has 0 bridgehead atoms. The Hall–Kier alpha value is -1.12. The van der Waals surface area contributed by atoms with Gasteiger partial charge in [-0.2, -0.15) is 0 Å². The van der Waals surface area contributed by atoms with Crippen molar-refractivity contribution in [3.8, 4) is 0 Å². The Morgan fingerprint density at radius 2 is 1.81 bits per heavy atom. The summed E-state index contributed by atoms with van der Waals surface area (Å²) in [4.78, 5) is 2.65. The molecule has 0 aliphatic heterocycles. The minimum Gasteiger partial charge on any atom is -0.320 e. The van der Waals surface area contributed by atoms with Crippen LogP contribution in [-0.2, 0) is 6.42 Å². The molecular weight excluding hydrogens is 214 g/mol. The van der Waals surface area contributed by atoms with E-state index < -0.39 is 0 Å². The molecule has 1 atom stereocenters. The molecule has 0 saturated heterocycles. The second-order valence-electron chi connectivity index (χ2n) is 4.05. The number of hydrogen-bond donors (Lipinski definition) is 1. The monoisotopic (exact) mass is 231 g/mol. The second-order valence-corrected chi connectivity index (χ2v) is 5.25. The molecule has 0 radical (unpaired) electrons. The van der Waals surface area contributed by atoms with Crippen molar-refractivity contribution >= 4 is 11.3 Å². The van der Waals surface area contributed by atoms with Gasteiger partial charge in [-0.15, -0.1) is 11.3 Å². The summed E-state index contributed by atoms with van der Waals surface area (Å²) in [6, 6.07) is 12.8. The Morgan fingerprint density at radius 1 is 1.12 bits per heavy atom. The highest BCUT2D eigenvalue weighted by molar-refractivity contribution is 7.12. The summed E-state index contributed by atoms with van der Waals surface area (Å²) in [7, 11) is 0. The van der Waals surface area contributed by atoms with Gasteiger partial charge in [0.05, 0.1) is 6.04 Å². The molecule has 2 heteroatoms. The van der Waals surface area contributed by atoms with E-state index in [-0.39, 0.29) is 6.04 Å². The summed E-state index contributed by atoms with van der Waals surface area (Å²) in [6.07, 6.45) is 1.09. The largest absolute Gasteiger partial charge is 0.320 e. The first-order valence-corrected chi connectivity index (χ1v) is 6.43. The molecule has 0 saturated carbocycles. The highest BCUT2D eigenvalue weighted by Crippen LogP contribution is 2.27. The van der Waals surface area contributed by atoms with E-state index in [9.17, 15) is 0 Å². The van der Waals surface area contributed by atoms with Crippen LogP contribution in [0, 0.1) is 6.92 Å². The molecular formula is C14H17NS. The Kier molecular flexibility index (Phi) is 3.42. The fourth-order valence-corrected chi connectivity index (χ4v) is 2.67. The third-order valence-corrected chi connectivity index (χ3v) is 4.09. The lowest BCUT2D eigenvalue weighted by molar-refractivity contribution is 0.893. The first kappa shape index (κ1) is 11.4. The van der Waals surface area contributed by atoms with Gasteiger partial charge in [0.1, 0.15) is 0 Å². The van der Waals surface area contributed by atoms with Gasteiger partial charge in [-0.05, 0) is 31.0 Å². The molecule has 2 rings (SSSR count). The molecule has 0 amide bonds. The summed E-state index contributed by atoms with van der Waals surface area (Å²) in [5, 5.41) is 0. The summed E-state index contributed by atoms with van der Waals surface area (Å²) < 4.78 is 0. The highest BCUT2D eigenvalue weighted by Gasteiger charge is 2.10. The first-order valence-electron chi connectivity index (χ1n) is 5.61. The van der Waals surface area contributed by atoms with E-state index in [4.69, 9.17) is 5.73 Å². The molecule has 1 unspecified atom stereocenters. The van der Waals surface area contributed by atoms with Gasteiger partial charge in [0.2, 0.25) is 0 Å². The Morgan fingerprint density at radius 3 is 2.38 bits per heavy atom. The average Bonchev–Trinajstić information content (AvgIpc) is 2.77. The van der Waals surface area contributed by atoms with Gasteiger partial charge in [-0.1, -0.05) is 36.8 Å². The zero-order valence-electron chi connectivity index (χ0n) is 9.73. The van der Waals surface area contributed by atoms with Crippen molar-refractivity contribution in [1.82, 2.24) is 0 Å². The zero-order valence-corrected chi connectivity index (χ0v) is 10.6. The maximum atomic E-state index is 6.24. The fourth-order valence-electron chi connectivity index (χ4n) is 1.69. The van der Waals surface area contributed by atoms with Gasteiger partial charge in [0, 0.05) is 9.75 Å². The van der Waals surface area contributed by atoms with Crippen molar-refractivity contribution in [3.63, 3.8) is 0 Å². The molecule has 1 aromatic carbocycles. The van der Waals surface area contributed by atoms with Crippen molar-refractivity contribution in [3.05, 3.63) is 57.3 Å². The van der Waals surface area contributed by atoms with Crippen LogP contribution in [0.4, 0.5) is 0 Å². The predicted molar refractivity (Wildman–Crippen MR) is 70.9 cm³/mol. The summed E-state index contributed by atoms with van der Waals surface area (Å²) >= 11 is 1.82. The first-order chi connectivity index (χ1) is 7.70. The Bertz CT molecular complexity index is 456. The standard InChI is InChI=1S/C14H17NS/c1-3-12-8-9-13(16-12)14(15)11-6-4-10(2)5-7-11/h4-9,14H,3,15H2,1-2H3. The average molecular weight is 231 g/mol. The number of thiophene rings is 1. The van der Waals surface area contributed by atoms with Crippen LogP contribution in [0.25, 0.3) is 0 Å². The number of benzene rings is 1. The Labute approximate surface area is 101 Å². The van der Waals surface area contributed by atoms with Crippen molar-refractivity contribution < 1.29 is 0 Å². The van der Waals surface area contributed by atoms with Gasteiger partial charge in [0.15, 0.2) is 0 Å². The minimum atomic E-state index is 0.0194. The number of nitrogens with two attached hydrogens (primary N) is 1. The lowest BCUT2D eigenvalue weighted by Gasteiger charge is -2.10. The van der Waals surface area contributed by atoms with Crippen LogP contribution < -0.4 is 5.73 Å². The molecule has 1 nitrogen and oxygen atoms in total. The van der Waals surface area contributed by atoms with E-state index in [0.29, 0.717) is 0 Å². The quantitative estimate of drug-likeness (QED) is 0.857. The molecule has 1 heterocycles.